The van der Waals surface area contributed by atoms with Gasteiger partial charge in [-0.05, 0) is 12.1 Å². The summed E-state index contributed by atoms with van der Waals surface area (Å²) in [6, 6.07) is 7.19. The lowest BCUT2D eigenvalue weighted by atomic mass is 10.4. The Hall–Kier alpha value is -0.200. The summed E-state index contributed by atoms with van der Waals surface area (Å²) in [6.07, 6.45) is 0. The van der Waals surface area contributed by atoms with Gasteiger partial charge in [0.1, 0.15) is 0 Å². The van der Waals surface area contributed by atoms with Crippen molar-refractivity contribution in [2.45, 2.75) is 7.43 Å². The summed E-state index contributed by atoms with van der Waals surface area (Å²) in [6.45, 7) is 0. The number of hydrogen-bond donors (Lipinski definition) is 0. The van der Waals surface area contributed by atoms with Crippen LogP contribution < -0.4 is 0 Å². The van der Waals surface area contributed by atoms with Crippen LogP contribution in [0.3, 0.4) is 0 Å². The molecule has 50 valence electrons. The third-order valence-corrected chi connectivity index (χ3v) is 1.58. The van der Waals surface area contributed by atoms with Crippen LogP contribution in [0.15, 0.2) is 24.3 Å². The molecule has 0 nitrogen and oxygen atoms in total. The summed E-state index contributed by atoms with van der Waals surface area (Å²) in [5.74, 6) is 0. The van der Waals surface area contributed by atoms with Crippen LogP contribution in [0.4, 0.5) is 0 Å². The highest BCUT2D eigenvalue weighted by Crippen LogP contribution is 2.19. The molecule has 2 heteroatoms. The van der Waals surface area contributed by atoms with Gasteiger partial charge < -0.3 is 0 Å². The van der Waals surface area contributed by atoms with Gasteiger partial charge in [-0.3, -0.25) is 0 Å². The fraction of sp³-hybridized carbons (Fsp3) is 0.143. The molecule has 1 aromatic rings. The van der Waals surface area contributed by atoms with Gasteiger partial charge in [0, 0.05) is 0 Å². The Labute approximate surface area is 65.4 Å². The Morgan fingerprint density at radius 2 is 1.22 bits per heavy atom. The van der Waals surface area contributed by atoms with Crippen molar-refractivity contribution in [1.82, 2.24) is 0 Å². The van der Waals surface area contributed by atoms with Gasteiger partial charge in [-0.15, -0.1) is 0 Å². The zero-order valence-electron chi connectivity index (χ0n) is 4.07. The predicted molar refractivity (Wildman–Crippen MR) is 43.2 cm³/mol. The molecule has 0 atom stereocenters. The zero-order valence-corrected chi connectivity index (χ0v) is 5.58. The molecule has 0 heterocycles. The van der Waals surface area contributed by atoms with Gasteiger partial charge in [0.15, 0.2) is 0 Å². The molecule has 0 aliphatic carbocycles. The second kappa shape index (κ2) is 3.76. The second-order valence-electron chi connectivity index (χ2n) is 1.41. The molecule has 0 aromatic heterocycles. The first kappa shape index (κ1) is 8.80. The van der Waals surface area contributed by atoms with Crippen LogP contribution in [-0.2, 0) is 0 Å². The maximum Gasteiger partial charge on any atom is 0.0592 e. The monoisotopic (exact) mass is 162 g/mol. The zero-order chi connectivity index (χ0) is 5.98. The highest BCUT2D eigenvalue weighted by atomic mass is 35.5. The maximum absolute atomic E-state index is 5.58. The number of hydrogen-bond acceptors (Lipinski definition) is 0. The van der Waals surface area contributed by atoms with Gasteiger partial charge in [0.05, 0.1) is 10.0 Å². The molecule has 0 amide bonds. The van der Waals surface area contributed by atoms with E-state index in [2.05, 4.69) is 0 Å². The molecule has 0 unspecified atom stereocenters. The van der Waals surface area contributed by atoms with Gasteiger partial charge >= 0.3 is 0 Å². The van der Waals surface area contributed by atoms with Crippen LogP contribution in [0.1, 0.15) is 7.43 Å². The molecule has 0 aliphatic rings. The summed E-state index contributed by atoms with van der Waals surface area (Å²) < 4.78 is 0. The molecule has 0 fully saturated rings. The molecular formula is C7H8Cl2. The topological polar surface area (TPSA) is 0 Å². The van der Waals surface area contributed by atoms with E-state index >= 15 is 0 Å². The highest BCUT2D eigenvalue weighted by Gasteiger charge is 1.89. The summed E-state index contributed by atoms with van der Waals surface area (Å²) >= 11 is 11.2. The van der Waals surface area contributed by atoms with E-state index < -0.39 is 0 Å². The van der Waals surface area contributed by atoms with Gasteiger partial charge in [-0.25, -0.2) is 0 Å². The summed E-state index contributed by atoms with van der Waals surface area (Å²) in [7, 11) is 0. The van der Waals surface area contributed by atoms with Gasteiger partial charge in [0.25, 0.3) is 0 Å². The number of rotatable bonds is 0. The summed E-state index contributed by atoms with van der Waals surface area (Å²) in [5.41, 5.74) is 0. The van der Waals surface area contributed by atoms with E-state index in [1.54, 1.807) is 12.1 Å². The fourth-order valence-corrected chi connectivity index (χ4v) is 0.711. The minimum Gasteiger partial charge on any atom is -0.0827 e. The van der Waals surface area contributed by atoms with E-state index in [0.717, 1.165) is 0 Å². The molecule has 1 rings (SSSR count). The third-order valence-electron chi connectivity index (χ3n) is 0.824. The number of halogens is 2. The summed E-state index contributed by atoms with van der Waals surface area (Å²) in [4.78, 5) is 0. The smallest absolute Gasteiger partial charge is 0.0592 e. The van der Waals surface area contributed by atoms with E-state index in [1.165, 1.54) is 0 Å². The van der Waals surface area contributed by atoms with Crippen molar-refractivity contribution in [2.24, 2.45) is 0 Å². The SMILES string of the molecule is C.Clc1ccccc1Cl. The molecule has 0 saturated heterocycles. The van der Waals surface area contributed by atoms with Crippen LogP contribution in [0.2, 0.25) is 10.0 Å². The molecular weight excluding hydrogens is 155 g/mol. The minimum atomic E-state index is 0. The minimum absolute atomic E-state index is 0. The van der Waals surface area contributed by atoms with E-state index in [-0.39, 0.29) is 7.43 Å². The standard InChI is InChI=1S/C6H4Cl2.CH4/c7-5-3-1-2-4-6(5)8;/h1-4H;1H4. The first-order valence-corrected chi connectivity index (χ1v) is 2.96. The maximum atomic E-state index is 5.58. The van der Waals surface area contributed by atoms with Crippen LogP contribution in [0.5, 0.6) is 0 Å². The van der Waals surface area contributed by atoms with Crippen LogP contribution in [0, 0.1) is 0 Å². The van der Waals surface area contributed by atoms with E-state index in [9.17, 15) is 0 Å². The third kappa shape index (κ3) is 2.25. The first-order valence-electron chi connectivity index (χ1n) is 2.21. The Kier molecular flexibility index (Phi) is 3.67. The van der Waals surface area contributed by atoms with E-state index in [0.29, 0.717) is 10.0 Å². The lowest BCUT2D eigenvalue weighted by Gasteiger charge is -1.88. The van der Waals surface area contributed by atoms with Gasteiger partial charge in [-0.1, -0.05) is 42.8 Å². The Morgan fingerprint density at radius 1 is 0.889 bits per heavy atom. The molecule has 0 saturated carbocycles. The number of benzene rings is 1. The Bertz CT molecular complexity index is 163. The van der Waals surface area contributed by atoms with E-state index in [4.69, 9.17) is 23.2 Å². The first-order chi connectivity index (χ1) is 3.80. The highest BCUT2D eigenvalue weighted by molar-refractivity contribution is 6.41. The molecule has 1 aromatic carbocycles. The predicted octanol–water partition coefficient (Wildman–Crippen LogP) is 3.63. The van der Waals surface area contributed by atoms with Crippen LogP contribution in [0.25, 0.3) is 0 Å². The van der Waals surface area contributed by atoms with Crippen molar-refractivity contribution in [3.63, 3.8) is 0 Å². The average molecular weight is 163 g/mol. The molecule has 0 N–H and O–H groups in total. The Balaban J connectivity index is 0.000000640. The molecule has 0 radical (unpaired) electrons. The normalized spacial score (nSPS) is 8.22. The van der Waals surface area contributed by atoms with Crippen molar-refractivity contribution < 1.29 is 0 Å². The lowest BCUT2D eigenvalue weighted by Crippen LogP contribution is -1.62. The summed E-state index contributed by atoms with van der Waals surface area (Å²) in [5, 5.41) is 1.21. The van der Waals surface area contributed by atoms with Crippen LogP contribution in [-0.4, -0.2) is 0 Å². The van der Waals surface area contributed by atoms with Crippen molar-refractivity contribution >= 4 is 23.2 Å². The van der Waals surface area contributed by atoms with Crippen molar-refractivity contribution in [2.75, 3.05) is 0 Å². The van der Waals surface area contributed by atoms with Crippen molar-refractivity contribution in [1.29, 1.82) is 0 Å². The average Bonchev–Trinajstić information content (AvgIpc) is 1.77. The Morgan fingerprint density at radius 3 is 1.44 bits per heavy atom. The largest absolute Gasteiger partial charge is 0.0827 e. The van der Waals surface area contributed by atoms with E-state index in [1.807, 2.05) is 12.1 Å². The van der Waals surface area contributed by atoms with Gasteiger partial charge in [-0.2, -0.15) is 0 Å². The molecule has 0 bridgehead atoms. The molecule has 9 heavy (non-hydrogen) atoms. The van der Waals surface area contributed by atoms with Crippen LogP contribution >= 0.6 is 23.2 Å². The molecule has 0 aliphatic heterocycles. The van der Waals surface area contributed by atoms with Crippen molar-refractivity contribution in [3.8, 4) is 0 Å². The molecule has 0 spiro atoms. The lowest BCUT2D eigenvalue weighted by molar-refractivity contribution is 1.71. The second-order valence-corrected chi connectivity index (χ2v) is 2.23. The van der Waals surface area contributed by atoms with Gasteiger partial charge in [0.2, 0.25) is 0 Å². The quantitative estimate of drug-likeness (QED) is 0.547. The fourth-order valence-electron chi connectivity index (χ4n) is 0.439. The van der Waals surface area contributed by atoms with Crippen molar-refractivity contribution in [3.05, 3.63) is 34.3 Å².